The molecule has 3 aliphatic carbocycles. The molecule has 0 bridgehead atoms. The largest absolute Gasteiger partial charge is 0.479 e. The van der Waals surface area contributed by atoms with Crippen LogP contribution in [0.5, 0.6) is 0 Å². The zero-order chi connectivity index (χ0) is 30.1. The van der Waals surface area contributed by atoms with E-state index in [4.69, 9.17) is 9.47 Å². The number of ether oxygens (including phenoxy) is 2. The Labute approximate surface area is 246 Å². The highest BCUT2D eigenvalue weighted by atomic mass is 16.7. The maximum absolute atomic E-state index is 11.5. The van der Waals surface area contributed by atoms with Gasteiger partial charge in [-0.2, -0.15) is 0 Å². The molecule has 0 radical (unpaired) electrons. The quantitative estimate of drug-likeness (QED) is 0.282. The molecule has 4 rings (SSSR count). The van der Waals surface area contributed by atoms with Gasteiger partial charge in [0.25, 0.3) is 0 Å². The highest BCUT2D eigenvalue weighted by Crippen LogP contribution is 2.59. The van der Waals surface area contributed by atoms with Crippen LogP contribution in [0.25, 0.3) is 0 Å². The minimum atomic E-state index is -1.73. The molecular weight excluding hydrogens is 520 g/mol. The number of hydrogen-bond donors (Lipinski definition) is 4. The number of carbonyl (C=O) groups is 1. The zero-order valence-corrected chi connectivity index (χ0v) is 25.5. The number of aliphatic carboxylic acids is 1. The maximum atomic E-state index is 11.5. The van der Waals surface area contributed by atoms with Crippen LogP contribution >= 0.6 is 0 Å². The molecule has 230 valence electrons. The average molecular weight is 573 g/mol. The van der Waals surface area contributed by atoms with Crippen molar-refractivity contribution in [2.75, 3.05) is 0 Å². The van der Waals surface area contributed by atoms with Gasteiger partial charge >= 0.3 is 5.97 Å². The molecule has 1 saturated heterocycles. The van der Waals surface area contributed by atoms with E-state index in [0.717, 1.165) is 24.0 Å². The number of aliphatic hydroxyl groups excluding tert-OH is 3. The fourth-order valence-electron chi connectivity index (χ4n) is 7.70. The van der Waals surface area contributed by atoms with Crippen molar-refractivity contribution in [1.29, 1.82) is 0 Å². The van der Waals surface area contributed by atoms with Gasteiger partial charge in [0.15, 0.2) is 12.4 Å². The van der Waals surface area contributed by atoms with Crippen LogP contribution in [-0.4, -0.2) is 63.2 Å². The van der Waals surface area contributed by atoms with Gasteiger partial charge in [-0.3, -0.25) is 0 Å². The molecule has 4 N–H and O–H groups in total. The van der Waals surface area contributed by atoms with E-state index in [1.165, 1.54) is 31.3 Å². The minimum absolute atomic E-state index is 0.309. The second kappa shape index (κ2) is 13.3. The molecule has 0 aromatic carbocycles. The fraction of sp³-hybridized carbons (Fsp3) is 0.735. The van der Waals surface area contributed by atoms with Crippen LogP contribution in [0.1, 0.15) is 86.0 Å². The summed E-state index contributed by atoms with van der Waals surface area (Å²) in [5.74, 6) is 1.68. The van der Waals surface area contributed by atoms with Crippen molar-refractivity contribution in [3.63, 3.8) is 0 Å². The van der Waals surface area contributed by atoms with Crippen LogP contribution in [-0.2, 0) is 14.3 Å². The van der Waals surface area contributed by atoms with E-state index < -0.39 is 36.7 Å². The zero-order valence-electron chi connectivity index (χ0n) is 25.5. The first-order valence-electron chi connectivity index (χ1n) is 15.7. The molecule has 7 heteroatoms. The Kier molecular flexibility index (Phi) is 10.4. The molecule has 0 spiro atoms. The van der Waals surface area contributed by atoms with Crippen LogP contribution in [0, 0.1) is 35.0 Å². The molecular formula is C34H52O7. The molecule has 11 atom stereocenters. The first kappa shape index (κ1) is 32.2. The number of aliphatic hydroxyl groups is 3. The lowest BCUT2D eigenvalue weighted by Gasteiger charge is -2.44. The summed E-state index contributed by atoms with van der Waals surface area (Å²) in [5.41, 5.74) is 3.99. The van der Waals surface area contributed by atoms with Crippen molar-refractivity contribution in [3.05, 3.63) is 47.6 Å². The lowest BCUT2D eigenvalue weighted by molar-refractivity contribution is -0.304. The van der Waals surface area contributed by atoms with Gasteiger partial charge in [0.05, 0.1) is 6.10 Å². The number of carboxylic acid groups (broad SMARTS) is 1. The standard InChI is InChI=1S/C34H52O7/c1-19(2)20(3)9-10-22(5)26-15-16-27-23(8-7-17-34(26,27)6)12-13-24-18-25(14-11-21(24)4)40-33-30(37)28(35)29(36)31(41-33)32(38)39/h9-10,12-13,19-20,22,25-31,33,35-37H,4,7-8,11,14-18H2,1-3,5-6H3,(H,38,39)/b10-9+,23-12+,24-13?/t20-,22+,25-,26+,27?,28-,29-,30+,31-,33+,34+/m0/s1. The smallest absolute Gasteiger partial charge is 0.335 e. The summed E-state index contributed by atoms with van der Waals surface area (Å²) in [5, 5.41) is 39.8. The predicted octanol–water partition coefficient (Wildman–Crippen LogP) is 5.56. The molecule has 4 fully saturated rings. The third kappa shape index (κ3) is 6.91. The topological polar surface area (TPSA) is 116 Å². The number of allylic oxidation sites excluding steroid dienone is 6. The normalized spacial score (nSPS) is 41.7. The summed E-state index contributed by atoms with van der Waals surface area (Å²) < 4.78 is 11.3. The van der Waals surface area contributed by atoms with Crippen molar-refractivity contribution in [2.45, 2.75) is 123 Å². The van der Waals surface area contributed by atoms with Gasteiger partial charge in [-0.1, -0.05) is 76.6 Å². The molecule has 3 saturated carbocycles. The molecule has 1 unspecified atom stereocenters. The Morgan fingerprint density at radius 3 is 2.44 bits per heavy atom. The van der Waals surface area contributed by atoms with E-state index in [0.29, 0.717) is 47.8 Å². The third-order valence-corrected chi connectivity index (χ3v) is 10.8. The van der Waals surface area contributed by atoms with Gasteiger partial charge in [0.2, 0.25) is 0 Å². The molecule has 0 aromatic rings. The van der Waals surface area contributed by atoms with Crippen molar-refractivity contribution < 1.29 is 34.7 Å². The predicted molar refractivity (Wildman–Crippen MR) is 159 cm³/mol. The molecule has 1 heterocycles. The summed E-state index contributed by atoms with van der Waals surface area (Å²) >= 11 is 0. The van der Waals surface area contributed by atoms with Crippen LogP contribution in [0.4, 0.5) is 0 Å². The van der Waals surface area contributed by atoms with Gasteiger partial charge in [-0.25, -0.2) is 4.79 Å². The van der Waals surface area contributed by atoms with E-state index in [-0.39, 0.29) is 6.10 Å². The number of hydrogen-bond acceptors (Lipinski definition) is 6. The molecule has 4 aliphatic rings. The van der Waals surface area contributed by atoms with Crippen LogP contribution in [0.2, 0.25) is 0 Å². The van der Waals surface area contributed by atoms with Gasteiger partial charge < -0.3 is 29.9 Å². The molecule has 0 aromatic heterocycles. The van der Waals surface area contributed by atoms with Gasteiger partial charge in [-0.05, 0) is 91.9 Å². The first-order valence-corrected chi connectivity index (χ1v) is 15.7. The lowest BCUT2D eigenvalue weighted by Crippen LogP contribution is -2.60. The summed E-state index contributed by atoms with van der Waals surface area (Å²) in [6.45, 7) is 16.1. The minimum Gasteiger partial charge on any atom is -0.479 e. The Balaban J connectivity index is 1.44. The third-order valence-electron chi connectivity index (χ3n) is 10.8. The highest BCUT2D eigenvalue weighted by Gasteiger charge is 2.50. The maximum Gasteiger partial charge on any atom is 0.335 e. The van der Waals surface area contributed by atoms with Crippen molar-refractivity contribution in [2.24, 2.45) is 35.0 Å². The van der Waals surface area contributed by atoms with Gasteiger partial charge in [0.1, 0.15) is 18.3 Å². The number of fused-ring (bicyclic) bond motifs is 1. The molecule has 0 amide bonds. The fourth-order valence-corrected chi connectivity index (χ4v) is 7.70. The SMILES string of the molecule is C=C1CC[C@H](O[C@@H]2O[C@H](C(=O)O)[C@@H](O)[C@H](O)[C@H]2O)CC1=C/C=C1\CCC[C@@]2(C)C1CC[C@@H]2[C@H](C)/C=C/[C@H](C)C(C)C. The Bertz CT molecular complexity index is 1040. The van der Waals surface area contributed by atoms with Gasteiger partial charge in [-0.15, -0.1) is 0 Å². The molecule has 1 aliphatic heterocycles. The number of carboxylic acids is 1. The second-order valence-electron chi connectivity index (χ2n) is 13.7. The van der Waals surface area contributed by atoms with Crippen LogP contribution < -0.4 is 0 Å². The van der Waals surface area contributed by atoms with Crippen LogP contribution in [0.3, 0.4) is 0 Å². The Morgan fingerprint density at radius 2 is 1.76 bits per heavy atom. The van der Waals surface area contributed by atoms with E-state index in [1.54, 1.807) is 0 Å². The summed E-state index contributed by atoms with van der Waals surface area (Å²) in [4.78, 5) is 11.5. The van der Waals surface area contributed by atoms with Crippen molar-refractivity contribution >= 4 is 5.97 Å². The van der Waals surface area contributed by atoms with E-state index in [2.05, 4.69) is 65.5 Å². The summed E-state index contributed by atoms with van der Waals surface area (Å²) in [7, 11) is 0. The average Bonchev–Trinajstić information content (AvgIpc) is 3.29. The second-order valence-corrected chi connectivity index (χ2v) is 13.7. The summed E-state index contributed by atoms with van der Waals surface area (Å²) in [6.07, 6.45) is 9.19. The Hall–Kier alpha value is -1.77. The monoisotopic (exact) mass is 572 g/mol. The van der Waals surface area contributed by atoms with E-state index >= 15 is 0 Å². The van der Waals surface area contributed by atoms with Crippen molar-refractivity contribution in [1.82, 2.24) is 0 Å². The van der Waals surface area contributed by atoms with Crippen LogP contribution in [0.15, 0.2) is 47.6 Å². The first-order chi connectivity index (χ1) is 19.3. The van der Waals surface area contributed by atoms with Crippen molar-refractivity contribution in [3.8, 4) is 0 Å². The molecule has 7 nitrogen and oxygen atoms in total. The lowest BCUT2D eigenvalue weighted by atomic mass is 9.61. The Morgan fingerprint density at radius 1 is 1.02 bits per heavy atom. The molecule has 41 heavy (non-hydrogen) atoms. The highest BCUT2D eigenvalue weighted by molar-refractivity contribution is 5.73. The summed E-state index contributed by atoms with van der Waals surface area (Å²) in [6, 6.07) is 0. The van der Waals surface area contributed by atoms with Gasteiger partial charge in [0, 0.05) is 0 Å². The van der Waals surface area contributed by atoms with E-state index in [1.807, 2.05) is 0 Å². The number of rotatable bonds is 8. The van der Waals surface area contributed by atoms with E-state index in [9.17, 15) is 25.2 Å².